The first-order valence-corrected chi connectivity index (χ1v) is 10.5. The molecule has 1 aliphatic heterocycles. The molecule has 0 unspecified atom stereocenters. The Balaban J connectivity index is 1.68. The number of ether oxygens (including phenoxy) is 1. The summed E-state index contributed by atoms with van der Waals surface area (Å²) < 4.78 is 46.9. The highest BCUT2D eigenvalue weighted by molar-refractivity contribution is 5.90. The van der Waals surface area contributed by atoms with Crippen molar-refractivity contribution >= 4 is 17.7 Å². The summed E-state index contributed by atoms with van der Waals surface area (Å²) >= 11 is 0. The van der Waals surface area contributed by atoms with Crippen molar-refractivity contribution in [3.05, 3.63) is 53.6 Å². The van der Waals surface area contributed by atoms with Crippen molar-refractivity contribution in [2.45, 2.75) is 32.4 Å². The normalized spacial score (nSPS) is 15.7. The van der Waals surface area contributed by atoms with Crippen LogP contribution in [-0.4, -0.2) is 44.4 Å². The van der Waals surface area contributed by atoms with E-state index in [2.05, 4.69) is 10.6 Å². The van der Waals surface area contributed by atoms with Crippen LogP contribution in [0.4, 0.5) is 23.7 Å². The van der Waals surface area contributed by atoms with Crippen LogP contribution < -0.4 is 15.5 Å². The first-order chi connectivity index (χ1) is 15.4. The highest BCUT2D eigenvalue weighted by Gasteiger charge is 2.33. The van der Waals surface area contributed by atoms with Gasteiger partial charge in [-0.1, -0.05) is 24.3 Å². The van der Waals surface area contributed by atoms with Gasteiger partial charge in [0.05, 0.1) is 31.0 Å². The third-order valence-electron chi connectivity index (χ3n) is 5.10. The Morgan fingerprint density at radius 2 is 1.84 bits per heavy atom. The number of hydrogen-bond acceptors (Lipinski definition) is 4. The quantitative estimate of drug-likeness (QED) is 0.540. The number of nitrogens with one attached hydrogen (secondary N) is 2. The molecular formula is C23H26F3N3O3. The molecule has 2 aromatic rings. The number of hydrogen-bond donors (Lipinski definition) is 2. The monoisotopic (exact) mass is 449 g/mol. The van der Waals surface area contributed by atoms with Gasteiger partial charge < -0.3 is 15.4 Å². The molecule has 32 heavy (non-hydrogen) atoms. The predicted molar refractivity (Wildman–Crippen MR) is 115 cm³/mol. The molecule has 6 nitrogen and oxygen atoms in total. The van der Waals surface area contributed by atoms with Gasteiger partial charge in [0.1, 0.15) is 17.7 Å². The van der Waals surface area contributed by atoms with Crippen molar-refractivity contribution in [3.63, 3.8) is 0 Å². The molecular weight excluding hydrogens is 423 g/mol. The molecule has 0 bridgehead atoms. The van der Waals surface area contributed by atoms with Crippen LogP contribution in [-0.2, 0) is 16.1 Å². The van der Waals surface area contributed by atoms with E-state index in [0.717, 1.165) is 29.0 Å². The molecule has 0 spiro atoms. The summed E-state index contributed by atoms with van der Waals surface area (Å²) in [5.41, 5.74) is 1.18. The van der Waals surface area contributed by atoms with E-state index in [1.807, 2.05) is 0 Å². The topological polar surface area (TPSA) is 70.7 Å². The molecule has 1 saturated heterocycles. The second-order valence-corrected chi connectivity index (χ2v) is 7.61. The van der Waals surface area contributed by atoms with Gasteiger partial charge in [0, 0.05) is 13.5 Å². The molecule has 3 rings (SSSR count). The molecule has 1 heterocycles. The highest BCUT2D eigenvalue weighted by Crippen LogP contribution is 2.32. The summed E-state index contributed by atoms with van der Waals surface area (Å²) in [5.74, 6) is -1.86. The largest absolute Gasteiger partial charge is 0.442 e. The first kappa shape index (κ1) is 23.6. The Bertz CT molecular complexity index is 930. The zero-order valence-electron chi connectivity index (χ0n) is 17.8. The zero-order valence-corrected chi connectivity index (χ0v) is 17.8. The van der Waals surface area contributed by atoms with Gasteiger partial charge in [-0.05, 0) is 42.6 Å². The number of unbranched alkanes of at least 4 members (excludes halogenated alkanes) is 1. The Hall–Kier alpha value is -3.07. The van der Waals surface area contributed by atoms with Gasteiger partial charge in [-0.25, -0.2) is 13.6 Å². The lowest BCUT2D eigenvalue weighted by atomic mass is 10.0. The summed E-state index contributed by atoms with van der Waals surface area (Å²) in [7, 11) is 0. The van der Waals surface area contributed by atoms with Crippen molar-refractivity contribution in [3.8, 4) is 11.1 Å². The van der Waals surface area contributed by atoms with E-state index < -0.39 is 23.8 Å². The molecule has 0 saturated carbocycles. The summed E-state index contributed by atoms with van der Waals surface area (Å²) in [6.45, 7) is 2.48. The lowest BCUT2D eigenvalue weighted by Crippen LogP contribution is -2.33. The van der Waals surface area contributed by atoms with Crippen LogP contribution in [0.25, 0.3) is 11.1 Å². The average molecular weight is 449 g/mol. The Labute approximate surface area is 184 Å². The van der Waals surface area contributed by atoms with E-state index in [-0.39, 0.29) is 36.9 Å². The molecule has 1 fully saturated rings. The number of cyclic esters (lactones) is 1. The highest BCUT2D eigenvalue weighted by atomic mass is 19.1. The van der Waals surface area contributed by atoms with Crippen LogP contribution in [0.2, 0.25) is 0 Å². The van der Waals surface area contributed by atoms with Crippen LogP contribution in [0, 0.1) is 11.6 Å². The van der Waals surface area contributed by atoms with Crippen molar-refractivity contribution in [2.24, 2.45) is 0 Å². The van der Waals surface area contributed by atoms with Crippen molar-refractivity contribution in [1.29, 1.82) is 0 Å². The van der Waals surface area contributed by atoms with E-state index in [0.29, 0.717) is 25.1 Å². The minimum atomic E-state index is -0.796. The molecule has 1 aliphatic rings. The predicted octanol–water partition coefficient (Wildman–Crippen LogP) is 3.93. The molecule has 1 atom stereocenters. The summed E-state index contributed by atoms with van der Waals surface area (Å²) in [4.78, 5) is 24.3. The van der Waals surface area contributed by atoms with Crippen LogP contribution in [0.3, 0.4) is 0 Å². The number of carbonyl (C=O) groups excluding carboxylic acids is 2. The molecule has 2 N–H and O–H groups in total. The molecule has 2 aromatic carbocycles. The summed E-state index contributed by atoms with van der Waals surface area (Å²) in [6.07, 6.45) is -0.0628. The molecule has 2 amide bonds. The maximum atomic E-state index is 14.8. The van der Waals surface area contributed by atoms with Crippen molar-refractivity contribution in [1.82, 2.24) is 10.6 Å². The number of anilines is 1. The second-order valence-electron chi connectivity index (χ2n) is 7.61. The summed E-state index contributed by atoms with van der Waals surface area (Å²) in [5, 5.41) is 5.74. The number of nitrogens with zero attached hydrogens (tertiary/aromatic N) is 1. The van der Waals surface area contributed by atoms with Gasteiger partial charge in [0.25, 0.3) is 0 Å². The van der Waals surface area contributed by atoms with Crippen LogP contribution in [0.15, 0.2) is 36.4 Å². The fraction of sp³-hybridized carbons (Fsp3) is 0.391. The van der Waals surface area contributed by atoms with Gasteiger partial charge in [-0.3, -0.25) is 14.1 Å². The SMILES string of the molecule is CC(=O)NC[C@H]1CN(c2cc(F)c(-c3ccc(CNCCCCF)cc3)c(F)c2)C(=O)O1. The van der Waals surface area contributed by atoms with E-state index in [4.69, 9.17) is 4.74 Å². The Kier molecular flexibility index (Phi) is 8.10. The standard InChI is InChI=1S/C23H26F3N3O3/c1-15(30)28-13-19-14-29(23(31)32-19)18-10-20(25)22(21(26)11-18)17-6-4-16(5-7-17)12-27-9-3-2-8-24/h4-7,10-11,19,27H,2-3,8-9,12-14H2,1H3,(H,28,30)/t19-/m0/s1. The van der Waals surface area contributed by atoms with E-state index in [1.165, 1.54) is 6.92 Å². The second kappa shape index (κ2) is 11.0. The third-order valence-corrected chi connectivity index (χ3v) is 5.10. The number of amides is 2. The van der Waals surface area contributed by atoms with Gasteiger partial charge in [0.2, 0.25) is 5.91 Å². The van der Waals surface area contributed by atoms with Gasteiger partial charge in [-0.15, -0.1) is 0 Å². The lowest BCUT2D eigenvalue weighted by Gasteiger charge is -2.15. The van der Waals surface area contributed by atoms with Crippen molar-refractivity contribution < 1.29 is 27.5 Å². The summed E-state index contributed by atoms with van der Waals surface area (Å²) in [6, 6.07) is 9.01. The van der Waals surface area contributed by atoms with Crippen LogP contribution >= 0.6 is 0 Å². The van der Waals surface area contributed by atoms with E-state index >= 15 is 0 Å². The smallest absolute Gasteiger partial charge is 0.414 e. The molecule has 172 valence electrons. The fourth-order valence-corrected chi connectivity index (χ4v) is 3.45. The van der Waals surface area contributed by atoms with Gasteiger partial charge in [0.15, 0.2) is 0 Å². The number of carbonyl (C=O) groups is 2. The molecule has 0 aliphatic carbocycles. The number of benzene rings is 2. The zero-order chi connectivity index (χ0) is 23.1. The number of rotatable bonds is 10. The third kappa shape index (κ3) is 6.00. The average Bonchev–Trinajstić information content (AvgIpc) is 3.13. The first-order valence-electron chi connectivity index (χ1n) is 10.5. The number of alkyl halides is 1. The van der Waals surface area contributed by atoms with Crippen molar-refractivity contribution in [2.75, 3.05) is 31.2 Å². The van der Waals surface area contributed by atoms with Gasteiger partial charge >= 0.3 is 6.09 Å². The van der Waals surface area contributed by atoms with E-state index in [1.54, 1.807) is 24.3 Å². The lowest BCUT2D eigenvalue weighted by molar-refractivity contribution is -0.119. The number of halogens is 3. The fourth-order valence-electron chi connectivity index (χ4n) is 3.45. The van der Waals surface area contributed by atoms with Crippen LogP contribution in [0.5, 0.6) is 0 Å². The Morgan fingerprint density at radius 1 is 1.16 bits per heavy atom. The maximum absolute atomic E-state index is 14.8. The van der Waals surface area contributed by atoms with Gasteiger partial charge in [-0.2, -0.15) is 0 Å². The molecule has 9 heteroatoms. The Morgan fingerprint density at radius 3 is 2.47 bits per heavy atom. The maximum Gasteiger partial charge on any atom is 0.414 e. The minimum absolute atomic E-state index is 0.0492. The molecule has 0 radical (unpaired) electrons. The van der Waals surface area contributed by atoms with E-state index in [9.17, 15) is 22.8 Å². The molecule has 0 aromatic heterocycles. The minimum Gasteiger partial charge on any atom is -0.442 e. The van der Waals surface area contributed by atoms with Crippen LogP contribution in [0.1, 0.15) is 25.3 Å².